The van der Waals surface area contributed by atoms with Crippen molar-refractivity contribution in [2.75, 3.05) is 0 Å². The SMILES string of the molecule is CC(C)Cc1cc(-c2[c-]cccc2)ncc1[Si](C)(C)C.[2H]C([2H])([2H])c1c[c-]c(-c2cc(C([2H])(C)C)ccn2)c2oc3cc(-c4ccccc4)ccc3c12.[Ir]. The Hall–Kier alpha value is -4.15. The second-order valence-electron chi connectivity index (χ2n) is 14.2. The summed E-state index contributed by atoms with van der Waals surface area (Å²) in [5.74, 6) is -0.131. The number of benzene rings is 4. The summed E-state index contributed by atoms with van der Waals surface area (Å²) in [6.45, 7) is 13.0. The van der Waals surface area contributed by atoms with Gasteiger partial charge in [0.15, 0.2) is 0 Å². The molecule has 7 rings (SSSR count). The first-order chi connectivity index (χ1) is 25.0. The second kappa shape index (κ2) is 15.8. The van der Waals surface area contributed by atoms with Gasteiger partial charge in [-0.3, -0.25) is 0 Å². The molecule has 0 bridgehead atoms. The summed E-state index contributed by atoms with van der Waals surface area (Å²) in [6, 6.07) is 37.7. The van der Waals surface area contributed by atoms with Crippen molar-refractivity contribution >= 4 is 35.2 Å². The molecule has 50 heavy (non-hydrogen) atoms. The topological polar surface area (TPSA) is 38.9 Å². The zero-order valence-corrected chi connectivity index (χ0v) is 33.2. The van der Waals surface area contributed by atoms with Crippen LogP contribution in [0.1, 0.15) is 55.8 Å². The molecule has 1 radical (unpaired) electrons. The fourth-order valence-corrected chi connectivity index (χ4v) is 7.77. The molecule has 0 aliphatic rings. The maximum atomic E-state index is 8.37. The third-order valence-electron chi connectivity index (χ3n) is 8.66. The zero-order chi connectivity index (χ0) is 38.1. The smallest absolute Gasteiger partial charge is 0.121 e. The molecule has 3 nitrogen and oxygen atoms in total. The number of aromatic nitrogens is 2. The Balaban J connectivity index is 0.000000230. The Bertz CT molecular complexity index is 2360. The maximum Gasteiger partial charge on any atom is 0.121 e. The molecule has 0 amide bonds. The Kier molecular flexibility index (Phi) is 10.1. The van der Waals surface area contributed by atoms with Crippen molar-refractivity contribution in [3.05, 3.63) is 138 Å². The Labute approximate surface area is 318 Å². The summed E-state index contributed by atoms with van der Waals surface area (Å²) in [4.78, 5) is 9.17. The number of fused-ring (bicyclic) bond motifs is 3. The van der Waals surface area contributed by atoms with E-state index in [-0.39, 0.29) is 25.7 Å². The van der Waals surface area contributed by atoms with Gasteiger partial charge in [-0.2, -0.15) is 0 Å². The average Bonchev–Trinajstić information content (AvgIpc) is 3.49. The summed E-state index contributed by atoms with van der Waals surface area (Å²) < 4.78 is 38.9. The molecule has 0 N–H and O–H groups in total. The van der Waals surface area contributed by atoms with E-state index in [4.69, 9.17) is 9.90 Å². The second-order valence-corrected chi connectivity index (χ2v) is 19.3. The number of furan rings is 1. The number of hydrogen-bond acceptors (Lipinski definition) is 3. The van der Waals surface area contributed by atoms with E-state index >= 15 is 0 Å². The summed E-state index contributed by atoms with van der Waals surface area (Å²) >= 11 is 0. The van der Waals surface area contributed by atoms with Crippen LogP contribution in [0, 0.1) is 24.9 Å². The molecular weight excluding hydrogens is 805 g/mol. The van der Waals surface area contributed by atoms with E-state index < -0.39 is 20.8 Å². The average molecular weight is 855 g/mol. The van der Waals surface area contributed by atoms with E-state index in [0.717, 1.165) is 39.8 Å². The van der Waals surface area contributed by atoms with Gasteiger partial charge >= 0.3 is 0 Å². The van der Waals surface area contributed by atoms with Crippen LogP contribution in [0.15, 0.2) is 114 Å². The number of nitrogens with zero attached hydrogens (tertiary/aromatic N) is 2. The van der Waals surface area contributed by atoms with Gasteiger partial charge in [0, 0.05) is 43.4 Å². The minimum Gasteiger partial charge on any atom is -0.501 e. The predicted octanol–water partition coefficient (Wildman–Crippen LogP) is 11.8. The van der Waals surface area contributed by atoms with E-state index in [9.17, 15) is 0 Å². The van der Waals surface area contributed by atoms with Crippen molar-refractivity contribution < 1.29 is 30.0 Å². The molecule has 0 aliphatic carbocycles. The fourth-order valence-electron chi connectivity index (χ4n) is 6.18. The van der Waals surface area contributed by atoms with Crippen molar-refractivity contribution in [3.63, 3.8) is 0 Å². The van der Waals surface area contributed by atoms with E-state index in [1.165, 1.54) is 16.8 Å². The fraction of sp³-hybridized carbons (Fsp3) is 0.244. The first-order valence-corrected chi connectivity index (χ1v) is 20.4. The molecule has 3 heterocycles. The minimum absolute atomic E-state index is 0. The van der Waals surface area contributed by atoms with Crippen LogP contribution in [0.4, 0.5) is 0 Å². The van der Waals surface area contributed by atoms with Gasteiger partial charge in [0.05, 0.1) is 13.7 Å². The van der Waals surface area contributed by atoms with Crippen LogP contribution >= 0.6 is 0 Å². The molecule has 5 heteroatoms. The standard InChI is InChI=1S/C27H22NO.C18H24NSi.Ir/c1-17(2)20-13-14-28-24(15-20)22-11-9-18(3)26-23-12-10-21(16-25(23)29-27(22)26)19-7-5-4-6-8-19;1-14(2)11-16-12-17(15-9-7-6-8-10-15)19-13-18(16)20(3,4)5;/h4-10,12-17H,1-3H3;6-9,12-14H,11H2,1-5H3;/q2*-1;/i3D3,17D;;. The molecule has 0 aliphatic heterocycles. The predicted molar refractivity (Wildman–Crippen MR) is 210 cm³/mol. The summed E-state index contributed by atoms with van der Waals surface area (Å²) in [6.07, 6.45) is 4.90. The molecule has 0 atom stereocenters. The third kappa shape index (κ3) is 8.24. The van der Waals surface area contributed by atoms with Gasteiger partial charge in [-0.1, -0.05) is 131 Å². The molecule has 4 aromatic carbocycles. The molecule has 0 saturated heterocycles. The molecule has 7 aromatic rings. The number of pyridine rings is 2. The largest absolute Gasteiger partial charge is 0.501 e. The Morgan fingerprint density at radius 2 is 1.62 bits per heavy atom. The minimum atomic E-state index is -2.32. The maximum absolute atomic E-state index is 8.37. The van der Waals surface area contributed by atoms with Crippen LogP contribution in [0.3, 0.4) is 0 Å². The van der Waals surface area contributed by atoms with Crippen LogP contribution in [0.25, 0.3) is 55.6 Å². The summed E-state index contributed by atoms with van der Waals surface area (Å²) in [7, 11) is -1.34. The van der Waals surface area contributed by atoms with Crippen LogP contribution < -0.4 is 5.19 Å². The van der Waals surface area contributed by atoms with Crippen molar-refractivity contribution in [3.8, 4) is 33.6 Å². The van der Waals surface area contributed by atoms with Crippen LogP contribution in [-0.2, 0) is 26.5 Å². The van der Waals surface area contributed by atoms with Crippen LogP contribution in [0.5, 0.6) is 0 Å². The molecule has 0 spiro atoms. The zero-order valence-electron chi connectivity index (χ0n) is 33.8. The molecule has 257 valence electrons. The summed E-state index contributed by atoms with van der Waals surface area (Å²) in [5.41, 5.74) is 8.86. The van der Waals surface area contributed by atoms with Gasteiger partial charge in [-0.05, 0) is 58.1 Å². The number of rotatable bonds is 7. The van der Waals surface area contributed by atoms with Crippen molar-refractivity contribution in [2.45, 2.75) is 66.5 Å². The third-order valence-corrected chi connectivity index (χ3v) is 10.7. The molecule has 0 saturated carbocycles. The molecule has 3 aromatic heterocycles. The van der Waals surface area contributed by atoms with Gasteiger partial charge in [0.2, 0.25) is 0 Å². The number of hydrogen-bond donors (Lipinski definition) is 0. The van der Waals surface area contributed by atoms with E-state index in [1.807, 2.05) is 92.7 Å². The van der Waals surface area contributed by atoms with Gasteiger partial charge in [0.1, 0.15) is 5.58 Å². The van der Waals surface area contributed by atoms with Crippen molar-refractivity contribution in [1.29, 1.82) is 0 Å². The van der Waals surface area contributed by atoms with Gasteiger partial charge in [-0.15, -0.1) is 53.6 Å². The van der Waals surface area contributed by atoms with E-state index in [0.29, 0.717) is 33.7 Å². The Morgan fingerprint density at radius 1 is 0.840 bits per heavy atom. The first-order valence-electron chi connectivity index (χ1n) is 18.9. The van der Waals surface area contributed by atoms with E-state index in [1.54, 1.807) is 6.20 Å². The summed E-state index contributed by atoms with van der Waals surface area (Å²) in [5, 5.41) is 2.78. The van der Waals surface area contributed by atoms with Crippen molar-refractivity contribution in [1.82, 2.24) is 9.97 Å². The first kappa shape index (κ1) is 31.8. The van der Waals surface area contributed by atoms with Crippen molar-refractivity contribution in [2.24, 2.45) is 5.92 Å². The molecule has 0 fully saturated rings. The Morgan fingerprint density at radius 3 is 2.30 bits per heavy atom. The quantitative estimate of drug-likeness (QED) is 0.118. The monoisotopic (exact) mass is 855 g/mol. The van der Waals surface area contributed by atoms with Gasteiger partial charge in [0.25, 0.3) is 0 Å². The van der Waals surface area contributed by atoms with Crippen LogP contribution in [-0.4, -0.2) is 18.0 Å². The van der Waals surface area contributed by atoms with E-state index in [2.05, 4.69) is 73.9 Å². The number of aryl methyl sites for hydroxylation is 1. The van der Waals surface area contributed by atoms with Crippen LogP contribution in [0.2, 0.25) is 19.6 Å². The normalized spacial score (nSPS) is 13.1. The molecular formula is C45H46IrN2OSi-2. The van der Waals surface area contributed by atoms with Gasteiger partial charge in [-0.25, -0.2) is 0 Å². The van der Waals surface area contributed by atoms with Gasteiger partial charge < -0.3 is 14.4 Å². The molecule has 0 unspecified atom stereocenters.